The van der Waals surface area contributed by atoms with Crippen LogP contribution in [0.3, 0.4) is 0 Å². The monoisotopic (exact) mass is 346 g/mol. The van der Waals surface area contributed by atoms with E-state index in [9.17, 15) is 13.2 Å². The van der Waals surface area contributed by atoms with Gasteiger partial charge in [-0.15, -0.1) is 0 Å². The number of ether oxygens (including phenoxy) is 1. The van der Waals surface area contributed by atoms with Crippen LogP contribution in [0, 0.1) is 0 Å². The molecule has 0 atom stereocenters. The maximum absolute atomic E-state index is 12.6. The van der Waals surface area contributed by atoms with Crippen LogP contribution < -0.4 is 10.6 Å². The Balaban J connectivity index is 1.66. The molecular formula is C16H21F3N2OS. The maximum Gasteiger partial charge on any atom is 0.416 e. The lowest BCUT2D eigenvalue weighted by Gasteiger charge is -2.14. The molecule has 2 rings (SSSR count). The van der Waals surface area contributed by atoms with E-state index in [1.54, 1.807) is 6.07 Å². The van der Waals surface area contributed by atoms with E-state index < -0.39 is 11.7 Å². The number of nitrogens with one attached hydrogen (secondary N) is 2. The van der Waals surface area contributed by atoms with Crippen LogP contribution in [-0.2, 0) is 10.9 Å². The quantitative estimate of drug-likeness (QED) is 0.593. The molecule has 1 fully saturated rings. The van der Waals surface area contributed by atoms with Gasteiger partial charge in [0.1, 0.15) is 0 Å². The SMILES string of the molecule is FC(F)(F)c1cccc(NC(=S)NCCCOC2CCCC2)c1. The first-order valence-corrected chi connectivity index (χ1v) is 8.20. The summed E-state index contributed by atoms with van der Waals surface area (Å²) in [6.07, 6.45) is 1.61. The van der Waals surface area contributed by atoms with Gasteiger partial charge in [0.15, 0.2) is 5.11 Å². The molecule has 1 aliphatic rings. The third kappa shape index (κ3) is 6.35. The molecule has 0 unspecified atom stereocenters. The summed E-state index contributed by atoms with van der Waals surface area (Å²) in [5.74, 6) is 0. The third-order valence-corrected chi connectivity index (χ3v) is 3.96. The van der Waals surface area contributed by atoms with Crippen LogP contribution in [0.25, 0.3) is 0 Å². The van der Waals surface area contributed by atoms with Crippen molar-refractivity contribution in [1.82, 2.24) is 5.32 Å². The van der Waals surface area contributed by atoms with Crippen molar-refractivity contribution in [3.05, 3.63) is 29.8 Å². The molecule has 0 saturated heterocycles. The minimum Gasteiger partial charge on any atom is -0.378 e. The van der Waals surface area contributed by atoms with E-state index in [4.69, 9.17) is 17.0 Å². The summed E-state index contributed by atoms with van der Waals surface area (Å²) in [4.78, 5) is 0. The van der Waals surface area contributed by atoms with Crippen LogP contribution in [0.15, 0.2) is 24.3 Å². The molecule has 0 heterocycles. The molecule has 1 aliphatic carbocycles. The van der Waals surface area contributed by atoms with Gasteiger partial charge in [0.2, 0.25) is 0 Å². The molecule has 3 nitrogen and oxygen atoms in total. The van der Waals surface area contributed by atoms with Gasteiger partial charge in [0, 0.05) is 18.8 Å². The fourth-order valence-electron chi connectivity index (χ4n) is 2.53. The predicted molar refractivity (Wildman–Crippen MR) is 88.5 cm³/mol. The molecule has 0 bridgehead atoms. The van der Waals surface area contributed by atoms with Gasteiger partial charge >= 0.3 is 6.18 Å². The minimum atomic E-state index is -4.36. The highest BCUT2D eigenvalue weighted by atomic mass is 32.1. The molecule has 23 heavy (non-hydrogen) atoms. The van der Waals surface area contributed by atoms with Gasteiger partial charge in [0.05, 0.1) is 11.7 Å². The van der Waals surface area contributed by atoms with Crippen LogP contribution in [0.4, 0.5) is 18.9 Å². The molecule has 0 radical (unpaired) electrons. The van der Waals surface area contributed by atoms with Crippen molar-refractivity contribution >= 4 is 23.0 Å². The van der Waals surface area contributed by atoms with Crippen molar-refractivity contribution in [3.63, 3.8) is 0 Å². The molecule has 1 aromatic rings. The summed E-state index contributed by atoms with van der Waals surface area (Å²) in [5, 5.41) is 6.05. The van der Waals surface area contributed by atoms with E-state index in [1.807, 2.05) is 0 Å². The fourth-order valence-corrected chi connectivity index (χ4v) is 2.75. The lowest BCUT2D eigenvalue weighted by atomic mass is 10.2. The number of rotatable bonds is 6. The molecular weight excluding hydrogens is 325 g/mol. The van der Waals surface area contributed by atoms with Crippen LogP contribution in [0.5, 0.6) is 0 Å². The molecule has 2 N–H and O–H groups in total. The topological polar surface area (TPSA) is 33.3 Å². The molecule has 128 valence electrons. The molecule has 0 aromatic heterocycles. The number of hydrogen-bond donors (Lipinski definition) is 2. The normalized spacial score (nSPS) is 15.6. The lowest BCUT2D eigenvalue weighted by molar-refractivity contribution is -0.137. The molecule has 0 spiro atoms. The van der Waals surface area contributed by atoms with Gasteiger partial charge < -0.3 is 15.4 Å². The first-order chi connectivity index (χ1) is 10.9. The second-order valence-corrected chi connectivity index (χ2v) is 6.00. The van der Waals surface area contributed by atoms with Gasteiger partial charge in [-0.3, -0.25) is 0 Å². The van der Waals surface area contributed by atoms with E-state index in [0.29, 0.717) is 30.1 Å². The van der Waals surface area contributed by atoms with E-state index in [0.717, 1.165) is 31.4 Å². The molecule has 7 heteroatoms. The zero-order valence-corrected chi connectivity index (χ0v) is 13.6. The summed E-state index contributed by atoms with van der Waals surface area (Å²) in [5.41, 5.74) is -0.380. The first-order valence-electron chi connectivity index (χ1n) is 7.79. The van der Waals surface area contributed by atoms with Crippen molar-refractivity contribution < 1.29 is 17.9 Å². The highest BCUT2D eigenvalue weighted by Gasteiger charge is 2.30. The fraction of sp³-hybridized carbons (Fsp3) is 0.562. The van der Waals surface area contributed by atoms with E-state index >= 15 is 0 Å². The van der Waals surface area contributed by atoms with Crippen molar-refractivity contribution in [3.8, 4) is 0 Å². The van der Waals surface area contributed by atoms with Crippen LogP contribution in [0.1, 0.15) is 37.7 Å². The standard InChI is InChI=1S/C16H21F3N2OS/c17-16(18,19)12-5-3-6-13(11-12)21-15(23)20-9-4-10-22-14-7-1-2-8-14/h3,5-6,11,14H,1-2,4,7-10H2,(H2,20,21,23). The Bertz CT molecular complexity index is 516. The first kappa shape index (κ1) is 18.0. The second kappa shape index (κ2) is 8.49. The number of alkyl halides is 3. The zero-order valence-electron chi connectivity index (χ0n) is 12.8. The van der Waals surface area contributed by atoms with E-state index in [2.05, 4.69) is 10.6 Å². The molecule has 0 aliphatic heterocycles. The van der Waals surface area contributed by atoms with Gasteiger partial charge in [-0.05, 0) is 49.7 Å². The Morgan fingerprint density at radius 2 is 2.00 bits per heavy atom. The Hall–Kier alpha value is -1.34. The van der Waals surface area contributed by atoms with Crippen LogP contribution in [0.2, 0.25) is 0 Å². The Morgan fingerprint density at radius 1 is 1.26 bits per heavy atom. The van der Waals surface area contributed by atoms with Crippen molar-refractivity contribution in [2.45, 2.75) is 44.4 Å². The van der Waals surface area contributed by atoms with Crippen molar-refractivity contribution in [2.75, 3.05) is 18.5 Å². The average molecular weight is 346 g/mol. The number of halogens is 3. The van der Waals surface area contributed by atoms with Crippen molar-refractivity contribution in [1.29, 1.82) is 0 Å². The molecule has 1 saturated carbocycles. The number of thiocarbonyl (C=S) groups is 1. The molecule has 1 aromatic carbocycles. The second-order valence-electron chi connectivity index (χ2n) is 5.59. The largest absolute Gasteiger partial charge is 0.416 e. The maximum atomic E-state index is 12.6. The summed E-state index contributed by atoms with van der Waals surface area (Å²) >= 11 is 5.09. The van der Waals surface area contributed by atoms with Gasteiger partial charge in [-0.25, -0.2) is 0 Å². The zero-order chi connectivity index (χ0) is 16.7. The lowest BCUT2D eigenvalue weighted by Crippen LogP contribution is -2.30. The summed E-state index contributed by atoms with van der Waals surface area (Å²) < 4.78 is 43.6. The predicted octanol–water partition coefficient (Wildman–Crippen LogP) is 4.34. The Labute approximate surface area is 139 Å². The van der Waals surface area contributed by atoms with Crippen LogP contribution in [-0.4, -0.2) is 24.4 Å². The Kier molecular flexibility index (Phi) is 6.65. The number of benzene rings is 1. The van der Waals surface area contributed by atoms with E-state index in [1.165, 1.54) is 18.9 Å². The molecule has 0 amide bonds. The van der Waals surface area contributed by atoms with Gasteiger partial charge in [-0.1, -0.05) is 18.9 Å². The van der Waals surface area contributed by atoms with Crippen molar-refractivity contribution in [2.24, 2.45) is 0 Å². The summed E-state index contributed by atoms with van der Waals surface area (Å²) in [6, 6.07) is 4.97. The smallest absolute Gasteiger partial charge is 0.378 e. The summed E-state index contributed by atoms with van der Waals surface area (Å²) in [7, 11) is 0. The van der Waals surface area contributed by atoms with Gasteiger partial charge in [0.25, 0.3) is 0 Å². The Morgan fingerprint density at radius 3 is 2.70 bits per heavy atom. The highest BCUT2D eigenvalue weighted by Crippen LogP contribution is 2.30. The minimum absolute atomic E-state index is 0.310. The van der Waals surface area contributed by atoms with Crippen LogP contribution >= 0.6 is 12.2 Å². The number of hydrogen-bond acceptors (Lipinski definition) is 2. The third-order valence-electron chi connectivity index (χ3n) is 3.71. The summed E-state index contributed by atoms with van der Waals surface area (Å²) in [6.45, 7) is 1.29. The van der Waals surface area contributed by atoms with E-state index in [-0.39, 0.29) is 0 Å². The highest BCUT2D eigenvalue weighted by molar-refractivity contribution is 7.80. The number of anilines is 1. The average Bonchev–Trinajstić information content (AvgIpc) is 2.99. The van der Waals surface area contributed by atoms with Gasteiger partial charge in [-0.2, -0.15) is 13.2 Å².